The first-order chi connectivity index (χ1) is 9.60. The number of benzene rings is 1. The van der Waals surface area contributed by atoms with E-state index in [4.69, 9.17) is 16.3 Å². The highest BCUT2D eigenvalue weighted by atomic mass is 35.5. The van der Waals surface area contributed by atoms with Crippen molar-refractivity contribution in [1.29, 1.82) is 0 Å². The first-order valence-electron chi connectivity index (χ1n) is 6.75. The van der Waals surface area contributed by atoms with Crippen LogP contribution in [0.5, 0.6) is 5.75 Å². The molecule has 1 heterocycles. The normalized spacial score (nSPS) is 10.6. The average molecular weight is 294 g/mol. The zero-order valence-electron chi connectivity index (χ0n) is 12.1. The van der Waals surface area contributed by atoms with E-state index in [9.17, 15) is 0 Å². The second-order valence-electron chi connectivity index (χ2n) is 4.76. The summed E-state index contributed by atoms with van der Waals surface area (Å²) in [5, 5.41) is 8.30. The minimum absolute atomic E-state index is 0.631. The molecule has 0 atom stereocenters. The highest BCUT2D eigenvalue weighted by Gasteiger charge is 2.05. The van der Waals surface area contributed by atoms with Gasteiger partial charge in [-0.2, -0.15) is 5.10 Å². The summed E-state index contributed by atoms with van der Waals surface area (Å²) in [6.45, 7) is 5.48. The Labute approximate surface area is 124 Å². The van der Waals surface area contributed by atoms with Crippen molar-refractivity contribution in [2.75, 3.05) is 11.9 Å². The Balaban J connectivity index is 2.00. The lowest BCUT2D eigenvalue weighted by Gasteiger charge is -2.10. The van der Waals surface area contributed by atoms with Gasteiger partial charge in [0.2, 0.25) is 0 Å². The third-order valence-electron chi connectivity index (χ3n) is 2.99. The van der Waals surface area contributed by atoms with Crippen LogP contribution in [-0.2, 0) is 13.6 Å². The van der Waals surface area contributed by atoms with Gasteiger partial charge < -0.3 is 10.1 Å². The van der Waals surface area contributed by atoms with E-state index in [1.165, 1.54) is 5.56 Å². The molecule has 5 heteroatoms. The predicted molar refractivity (Wildman–Crippen MR) is 82.5 cm³/mol. The van der Waals surface area contributed by atoms with Crippen LogP contribution >= 0.6 is 11.6 Å². The van der Waals surface area contributed by atoms with Crippen LogP contribution < -0.4 is 10.1 Å². The molecule has 0 aliphatic rings. The van der Waals surface area contributed by atoms with Crippen molar-refractivity contribution < 1.29 is 4.74 Å². The number of anilines is 1. The molecule has 0 aliphatic heterocycles. The number of hydrogen-bond donors (Lipinski definition) is 1. The monoisotopic (exact) mass is 293 g/mol. The highest BCUT2D eigenvalue weighted by Crippen LogP contribution is 2.28. The number of nitrogens with zero attached hydrogens (tertiary/aromatic N) is 2. The second kappa shape index (κ2) is 6.66. The summed E-state index contributed by atoms with van der Waals surface area (Å²) in [5.41, 5.74) is 3.19. The molecule has 2 aromatic rings. The van der Waals surface area contributed by atoms with E-state index < -0.39 is 0 Å². The average Bonchev–Trinajstić information content (AvgIpc) is 2.73. The van der Waals surface area contributed by atoms with Crippen molar-refractivity contribution in [2.24, 2.45) is 7.05 Å². The Morgan fingerprint density at radius 1 is 1.40 bits per heavy atom. The van der Waals surface area contributed by atoms with Crippen LogP contribution in [0.3, 0.4) is 0 Å². The second-order valence-corrected chi connectivity index (χ2v) is 5.17. The fourth-order valence-corrected chi connectivity index (χ4v) is 2.19. The molecule has 0 saturated carbocycles. The number of nitrogens with one attached hydrogen (secondary N) is 1. The first-order valence-corrected chi connectivity index (χ1v) is 7.13. The SMILES string of the molecule is CCCOc1ccc(NCc2cn(C)nc2C)cc1Cl. The van der Waals surface area contributed by atoms with Gasteiger partial charge in [0, 0.05) is 31.0 Å². The fraction of sp³-hybridized carbons (Fsp3) is 0.400. The largest absolute Gasteiger partial charge is 0.492 e. The molecule has 1 aromatic carbocycles. The van der Waals surface area contributed by atoms with Gasteiger partial charge in [-0.3, -0.25) is 4.68 Å². The summed E-state index contributed by atoms with van der Waals surface area (Å²) < 4.78 is 7.37. The zero-order chi connectivity index (χ0) is 14.5. The Hall–Kier alpha value is -1.68. The first kappa shape index (κ1) is 14.7. The molecule has 1 N–H and O–H groups in total. The number of aromatic nitrogens is 2. The summed E-state index contributed by atoms with van der Waals surface area (Å²) in [7, 11) is 1.92. The van der Waals surface area contributed by atoms with Crippen molar-refractivity contribution in [3.63, 3.8) is 0 Å². The van der Waals surface area contributed by atoms with Crippen molar-refractivity contribution >= 4 is 17.3 Å². The minimum atomic E-state index is 0.631. The van der Waals surface area contributed by atoms with Crippen LogP contribution in [-0.4, -0.2) is 16.4 Å². The Kier molecular flexibility index (Phi) is 4.90. The third kappa shape index (κ3) is 3.67. The summed E-state index contributed by atoms with van der Waals surface area (Å²) in [6, 6.07) is 5.76. The lowest BCUT2D eigenvalue weighted by atomic mass is 10.2. The molecule has 0 bridgehead atoms. The van der Waals surface area contributed by atoms with Crippen LogP contribution in [0.15, 0.2) is 24.4 Å². The Morgan fingerprint density at radius 3 is 2.80 bits per heavy atom. The van der Waals surface area contributed by atoms with E-state index in [1.807, 2.05) is 43.0 Å². The molecule has 0 unspecified atom stereocenters. The smallest absolute Gasteiger partial charge is 0.138 e. The van der Waals surface area contributed by atoms with Crippen molar-refractivity contribution in [3.8, 4) is 5.75 Å². The van der Waals surface area contributed by atoms with Crippen LogP contribution in [0.2, 0.25) is 5.02 Å². The van der Waals surface area contributed by atoms with Crippen LogP contribution in [0.25, 0.3) is 0 Å². The van der Waals surface area contributed by atoms with E-state index in [0.717, 1.165) is 30.1 Å². The van der Waals surface area contributed by atoms with Crippen LogP contribution in [0.1, 0.15) is 24.6 Å². The molecule has 1 aromatic heterocycles. The van der Waals surface area contributed by atoms with Crippen LogP contribution in [0.4, 0.5) is 5.69 Å². The molecule has 2 rings (SSSR count). The van der Waals surface area contributed by atoms with Gasteiger partial charge in [0.15, 0.2) is 0 Å². The van der Waals surface area contributed by atoms with Gasteiger partial charge in [0.05, 0.1) is 17.3 Å². The third-order valence-corrected chi connectivity index (χ3v) is 3.29. The number of rotatable bonds is 6. The van der Waals surface area contributed by atoms with Crippen molar-refractivity contribution in [3.05, 3.63) is 40.7 Å². The van der Waals surface area contributed by atoms with Gasteiger partial charge in [0.25, 0.3) is 0 Å². The molecular weight excluding hydrogens is 274 g/mol. The molecule has 0 radical (unpaired) electrons. The van der Waals surface area contributed by atoms with E-state index in [2.05, 4.69) is 17.3 Å². The summed E-state index contributed by atoms with van der Waals surface area (Å²) in [4.78, 5) is 0. The molecule has 0 saturated heterocycles. The number of ether oxygens (including phenoxy) is 1. The molecule has 0 fully saturated rings. The summed E-state index contributed by atoms with van der Waals surface area (Å²) in [5.74, 6) is 0.733. The molecule has 108 valence electrons. The number of halogens is 1. The molecule has 0 spiro atoms. The van der Waals surface area contributed by atoms with Gasteiger partial charge >= 0.3 is 0 Å². The predicted octanol–water partition coefficient (Wildman–Crippen LogP) is 3.78. The topological polar surface area (TPSA) is 39.1 Å². The maximum absolute atomic E-state index is 6.20. The summed E-state index contributed by atoms with van der Waals surface area (Å²) >= 11 is 6.20. The number of aryl methyl sites for hydroxylation is 2. The number of hydrogen-bond acceptors (Lipinski definition) is 3. The Bertz CT molecular complexity index is 580. The molecule has 0 amide bonds. The molecule has 20 heavy (non-hydrogen) atoms. The van der Waals surface area contributed by atoms with Crippen molar-refractivity contribution in [1.82, 2.24) is 9.78 Å². The van der Waals surface area contributed by atoms with Gasteiger partial charge in [-0.05, 0) is 31.5 Å². The van der Waals surface area contributed by atoms with Crippen molar-refractivity contribution in [2.45, 2.75) is 26.8 Å². The van der Waals surface area contributed by atoms with Gasteiger partial charge in [-0.25, -0.2) is 0 Å². The van der Waals surface area contributed by atoms with E-state index in [0.29, 0.717) is 11.6 Å². The van der Waals surface area contributed by atoms with Gasteiger partial charge in [-0.15, -0.1) is 0 Å². The minimum Gasteiger partial charge on any atom is -0.492 e. The summed E-state index contributed by atoms with van der Waals surface area (Å²) in [6.07, 6.45) is 2.99. The molecular formula is C15H20ClN3O. The Morgan fingerprint density at radius 2 is 2.20 bits per heavy atom. The molecule has 0 aliphatic carbocycles. The van der Waals surface area contributed by atoms with E-state index in [-0.39, 0.29) is 0 Å². The van der Waals surface area contributed by atoms with Gasteiger partial charge in [0.1, 0.15) is 5.75 Å². The highest BCUT2D eigenvalue weighted by molar-refractivity contribution is 6.32. The standard InChI is InChI=1S/C15H20ClN3O/c1-4-7-20-15-6-5-13(8-14(15)16)17-9-12-10-19(3)18-11(12)2/h5-6,8,10,17H,4,7,9H2,1-3H3. The molecule has 4 nitrogen and oxygen atoms in total. The maximum atomic E-state index is 6.20. The van der Waals surface area contributed by atoms with Crippen LogP contribution in [0, 0.1) is 6.92 Å². The zero-order valence-corrected chi connectivity index (χ0v) is 12.9. The maximum Gasteiger partial charge on any atom is 0.138 e. The fourth-order valence-electron chi connectivity index (χ4n) is 1.96. The van der Waals surface area contributed by atoms with E-state index in [1.54, 1.807) is 0 Å². The van der Waals surface area contributed by atoms with E-state index >= 15 is 0 Å². The quantitative estimate of drug-likeness (QED) is 0.881. The van der Waals surface area contributed by atoms with Gasteiger partial charge in [-0.1, -0.05) is 18.5 Å². The lowest BCUT2D eigenvalue weighted by molar-refractivity contribution is 0.317. The lowest BCUT2D eigenvalue weighted by Crippen LogP contribution is -2.01.